The number of nitrogens with one attached hydrogen (secondary N) is 1. The second-order valence-electron chi connectivity index (χ2n) is 3.21. The van der Waals surface area contributed by atoms with Gasteiger partial charge < -0.3 is 5.32 Å². The maximum absolute atomic E-state index is 12.5. The third kappa shape index (κ3) is 3.00. The highest BCUT2D eigenvalue weighted by atomic mass is 79.9. The Bertz CT molecular complexity index is 473. The first-order valence-corrected chi connectivity index (χ1v) is 5.49. The highest BCUT2D eigenvalue weighted by Crippen LogP contribution is 2.12. The molecule has 2 rings (SSSR count). The van der Waals surface area contributed by atoms with Crippen molar-refractivity contribution in [1.82, 2.24) is 9.97 Å². The molecule has 1 aromatic heterocycles. The van der Waals surface area contributed by atoms with Gasteiger partial charge in [-0.25, -0.2) is 14.4 Å². The molecular formula is C11H9BrFN3. The molecule has 82 valence electrons. The van der Waals surface area contributed by atoms with Gasteiger partial charge in [-0.1, -0.05) is 28.1 Å². The van der Waals surface area contributed by atoms with Crippen molar-refractivity contribution in [2.45, 2.75) is 6.54 Å². The van der Waals surface area contributed by atoms with Gasteiger partial charge in [0, 0.05) is 11.0 Å². The molecule has 0 fully saturated rings. The fourth-order valence-corrected chi connectivity index (χ4v) is 1.68. The van der Waals surface area contributed by atoms with Crippen LogP contribution in [0.2, 0.25) is 0 Å². The minimum Gasteiger partial charge on any atom is -0.350 e. The molecule has 0 saturated carbocycles. The van der Waals surface area contributed by atoms with Crippen LogP contribution in [0.3, 0.4) is 0 Å². The van der Waals surface area contributed by atoms with Crippen LogP contribution in [0.25, 0.3) is 0 Å². The van der Waals surface area contributed by atoms with Crippen LogP contribution in [0.5, 0.6) is 0 Å². The van der Waals surface area contributed by atoms with Crippen molar-refractivity contribution in [2.24, 2.45) is 0 Å². The first-order chi connectivity index (χ1) is 7.74. The zero-order valence-corrected chi connectivity index (χ0v) is 9.91. The van der Waals surface area contributed by atoms with E-state index in [0.29, 0.717) is 12.5 Å². The summed E-state index contributed by atoms with van der Waals surface area (Å²) >= 11 is 3.39. The summed E-state index contributed by atoms with van der Waals surface area (Å²) in [5.74, 6) is -0.0191. The topological polar surface area (TPSA) is 37.8 Å². The molecule has 16 heavy (non-hydrogen) atoms. The van der Waals surface area contributed by atoms with Gasteiger partial charge in [0.1, 0.15) is 0 Å². The molecule has 5 heteroatoms. The van der Waals surface area contributed by atoms with E-state index in [1.54, 1.807) is 0 Å². The smallest absolute Gasteiger partial charge is 0.223 e. The van der Waals surface area contributed by atoms with Gasteiger partial charge in [0.05, 0.1) is 12.4 Å². The van der Waals surface area contributed by atoms with Crippen molar-refractivity contribution >= 4 is 21.9 Å². The Morgan fingerprint density at radius 2 is 2.00 bits per heavy atom. The summed E-state index contributed by atoms with van der Waals surface area (Å²) in [5.41, 5.74) is 1.10. The van der Waals surface area contributed by atoms with Crippen LogP contribution >= 0.6 is 15.9 Å². The van der Waals surface area contributed by atoms with Crippen molar-refractivity contribution in [2.75, 3.05) is 5.32 Å². The summed E-state index contributed by atoms with van der Waals surface area (Å²) in [6.07, 6.45) is 2.27. The average Bonchev–Trinajstić information content (AvgIpc) is 2.28. The van der Waals surface area contributed by atoms with Gasteiger partial charge in [0.15, 0.2) is 5.82 Å². The summed E-state index contributed by atoms with van der Waals surface area (Å²) in [6, 6.07) is 7.89. The van der Waals surface area contributed by atoms with E-state index in [9.17, 15) is 4.39 Å². The first kappa shape index (κ1) is 11.0. The third-order valence-electron chi connectivity index (χ3n) is 1.96. The Morgan fingerprint density at radius 1 is 1.25 bits per heavy atom. The zero-order chi connectivity index (χ0) is 11.4. The lowest BCUT2D eigenvalue weighted by Gasteiger charge is -2.04. The molecule has 0 bridgehead atoms. The Kier molecular flexibility index (Phi) is 3.46. The van der Waals surface area contributed by atoms with Gasteiger partial charge in [-0.05, 0) is 17.7 Å². The second kappa shape index (κ2) is 5.03. The van der Waals surface area contributed by atoms with Crippen molar-refractivity contribution in [3.05, 3.63) is 52.5 Å². The first-order valence-electron chi connectivity index (χ1n) is 4.70. The number of hydrogen-bond donors (Lipinski definition) is 1. The number of anilines is 1. The van der Waals surface area contributed by atoms with Gasteiger partial charge in [-0.3, -0.25) is 0 Å². The van der Waals surface area contributed by atoms with Crippen molar-refractivity contribution in [3.63, 3.8) is 0 Å². The zero-order valence-electron chi connectivity index (χ0n) is 8.32. The molecule has 0 atom stereocenters. The molecule has 1 heterocycles. The number of hydrogen-bond acceptors (Lipinski definition) is 3. The van der Waals surface area contributed by atoms with Gasteiger partial charge in [-0.15, -0.1) is 0 Å². The van der Waals surface area contributed by atoms with Crippen molar-refractivity contribution in [1.29, 1.82) is 0 Å². The Labute approximate surface area is 101 Å². The average molecular weight is 282 g/mol. The second-order valence-corrected chi connectivity index (χ2v) is 4.12. The predicted molar refractivity (Wildman–Crippen MR) is 63.5 cm³/mol. The molecule has 1 N–H and O–H groups in total. The fourth-order valence-electron chi connectivity index (χ4n) is 1.23. The van der Waals surface area contributed by atoms with Gasteiger partial charge >= 0.3 is 0 Å². The molecule has 0 unspecified atom stereocenters. The summed E-state index contributed by atoms with van der Waals surface area (Å²) in [6.45, 7) is 0.602. The van der Waals surface area contributed by atoms with Gasteiger partial charge in [0.25, 0.3) is 0 Å². The maximum Gasteiger partial charge on any atom is 0.223 e. The van der Waals surface area contributed by atoms with E-state index in [4.69, 9.17) is 0 Å². The van der Waals surface area contributed by atoms with Crippen molar-refractivity contribution < 1.29 is 4.39 Å². The number of benzene rings is 1. The van der Waals surface area contributed by atoms with E-state index < -0.39 is 5.82 Å². The lowest BCUT2D eigenvalue weighted by Crippen LogP contribution is -2.03. The SMILES string of the molecule is Fc1cnc(NCc2cccc(Br)c2)nc1. The van der Waals surface area contributed by atoms with Crippen LogP contribution in [0, 0.1) is 5.82 Å². The Hall–Kier alpha value is -1.49. The lowest BCUT2D eigenvalue weighted by atomic mass is 10.2. The molecule has 0 spiro atoms. The number of aromatic nitrogens is 2. The van der Waals surface area contributed by atoms with Crippen LogP contribution in [-0.4, -0.2) is 9.97 Å². The van der Waals surface area contributed by atoms with E-state index in [1.165, 1.54) is 0 Å². The summed E-state index contributed by atoms with van der Waals surface area (Å²) < 4.78 is 13.6. The van der Waals surface area contributed by atoms with E-state index in [1.807, 2.05) is 24.3 Å². The maximum atomic E-state index is 12.5. The van der Waals surface area contributed by atoms with E-state index in [0.717, 1.165) is 22.4 Å². The molecule has 0 aliphatic heterocycles. The number of nitrogens with zero attached hydrogens (tertiary/aromatic N) is 2. The highest BCUT2D eigenvalue weighted by molar-refractivity contribution is 9.10. The molecule has 3 nitrogen and oxygen atoms in total. The summed E-state index contributed by atoms with van der Waals surface area (Å²) in [4.78, 5) is 7.61. The summed E-state index contributed by atoms with van der Waals surface area (Å²) in [7, 11) is 0. The fraction of sp³-hybridized carbons (Fsp3) is 0.0909. The van der Waals surface area contributed by atoms with Crippen molar-refractivity contribution in [3.8, 4) is 0 Å². The number of rotatable bonds is 3. The normalized spacial score (nSPS) is 10.1. The quantitative estimate of drug-likeness (QED) is 0.940. The Balaban J connectivity index is 1.99. The monoisotopic (exact) mass is 281 g/mol. The number of halogens is 2. The molecule has 0 amide bonds. The van der Waals surface area contributed by atoms with E-state index in [2.05, 4.69) is 31.2 Å². The molecule has 0 aliphatic rings. The van der Waals surface area contributed by atoms with E-state index in [-0.39, 0.29) is 0 Å². The van der Waals surface area contributed by atoms with Gasteiger partial charge in [0.2, 0.25) is 5.95 Å². The van der Waals surface area contributed by atoms with Crippen LogP contribution < -0.4 is 5.32 Å². The van der Waals surface area contributed by atoms with Gasteiger partial charge in [-0.2, -0.15) is 0 Å². The largest absolute Gasteiger partial charge is 0.350 e. The minimum absolute atomic E-state index is 0.418. The molecule has 0 aliphatic carbocycles. The lowest BCUT2D eigenvalue weighted by molar-refractivity contribution is 0.614. The van der Waals surface area contributed by atoms with Crippen LogP contribution in [0.1, 0.15) is 5.56 Å². The highest BCUT2D eigenvalue weighted by Gasteiger charge is 1.97. The molecule has 2 aromatic rings. The van der Waals surface area contributed by atoms with Crippen LogP contribution in [0.15, 0.2) is 41.1 Å². The molecular weight excluding hydrogens is 273 g/mol. The summed E-state index contributed by atoms with van der Waals surface area (Å²) in [5, 5.41) is 3.01. The Morgan fingerprint density at radius 3 is 2.69 bits per heavy atom. The van der Waals surface area contributed by atoms with Crippen LogP contribution in [0.4, 0.5) is 10.3 Å². The molecule has 0 radical (unpaired) electrons. The third-order valence-corrected chi connectivity index (χ3v) is 2.45. The minimum atomic E-state index is -0.437. The van der Waals surface area contributed by atoms with Crippen LogP contribution in [-0.2, 0) is 6.54 Å². The molecule has 1 aromatic carbocycles. The molecule has 0 saturated heterocycles. The predicted octanol–water partition coefficient (Wildman–Crippen LogP) is 2.99. The van der Waals surface area contributed by atoms with E-state index >= 15 is 0 Å². The standard InChI is InChI=1S/C11H9BrFN3/c12-9-3-1-2-8(4-9)5-14-11-15-6-10(13)7-16-11/h1-4,6-7H,5H2,(H,14,15,16).